The van der Waals surface area contributed by atoms with Crippen LogP contribution in [0.25, 0.3) is 0 Å². The van der Waals surface area contributed by atoms with Gasteiger partial charge in [0.15, 0.2) is 0 Å². The molecule has 1 amide bonds. The van der Waals surface area contributed by atoms with Crippen LogP contribution in [-0.2, 0) is 9.53 Å². The Morgan fingerprint density at radius 2 is 2.18 bits per heavy atom. The normalized spacial score (nSPS) is 23.0. The number of hydrogen-bond donors (Lipinski definition) is 0. The molecule has 3 heterocycles. The van der Waals surface area contributed by atoms with E-state index in [2.05, 4.69) is 14.9 Å². The fraction of sp³-hybridized carbons (Fsp3) is 0.688. The molecule has 2 fully saturated rings. The minimum atomic E-state index is 0.124. The van der Waals surface area contributed by atoms with Crippen molar-refractivity contribution in [2.45, 2.75) is 32.2 Å². The lowest BCUT2D eigenvalue weighted by molar-refractivity contribution is -0.132. The van der Waals surface area contributed by atoms with Crippen molar-refractivity contribution < 1.29 is 9.53 Å². The van der Waals surface area contributed by atoms with E-state index in [4.69, 9.17) is 4.74 Å². The molecule has 120 valence electrons. The highest BCUT2D eigenvalue weighted by Crippen LogP contribution is 2.31. The molecule has 0 radical (unpaired) electrons. The fourth-order valence-electron chi connectivity index (χ4n) is 3.25. The van der Waals surface area contributed by atoms with Crippen molar-refractivity contribution in [1.82, 2.24) is 19.8 Å². The van der Waals surface area contributed by atoms with Gasteiger partial charge < -0.3 is 9.64 Å². The first-order valence-electron chi connectivity index (χ1n) is 8.13. The van der Waals surface area contributed by atoms with Gasteiger partial charge >= 0.3 is 0 Å². The summed E-state index contributed by atoms with van der Waals surface area (Å²) in [5.41, 5.74) is 0.977. The van der Waals surface area contributed by atoms with Crippen LogP contribution in [0.1, 0.15) is 36.8 Å². The number of hydrogen-bond acceptors (Lipinski definition) is 5. The monoisotopic (exact) mass is 304 g/mol. The number of nitrogens with zero attached hydrogens (tertiary/aromatic N) is 4. The summed E-state index contributed by atoms with van der Waals surface area (Å²) < 4.78 is 5.34. The molecular formula is C16H24N4O2. The van der Waals surface area contributed by atoms with Crippen molar-refractivity contribution in [1.29, 1.82) is 0 Å². The zero-order chi connectivity index (χ0) is 15.4. The molecular weight excluding hydrogens is 280 g/mol. The highest BCUT2D eigenvalue weighted by atomic mass is 16.5. The molecule has 2 aliphatic heterocycles. The summed E-state index contributed by atoms with van der Waals surface area (Å²) in [6.07, 6.45) is 4.42. The molecule has 0 aromatic carbocycles. The van der Waals surface area contributed by atoms with E-state index in [-0.39, 0.29) is 11.9 Å². The van der Waals surface area contributed by atoms with E-state index in [1.807, 2.05) is 17.9 Å². The molecule has 1 unspecified atom stereocenters. The Kier molecular flexibility index (Phi) is 5.00. The predicted octanol–water partition coefficient (Wildman–Crippen LogP) is 1.17. The fourth-order valence-corrected chi connectivity index (χ4v) is 3.25. The summed E-state index contributed by atoms with van der Waals surface area (Å²) in [4.78, 5) is 25.5. The lowest BCUT2D eigenvalue weighted by Crippen LogP contribution is -2.39. The number of carbonyl (C=O) groups is 1. The summed E-state index contributed by atoms with van der Waals surface area (Å²) in [6, 6.07) is 2.06. The van der Waals surface area contributed by atoms with Crippen molar-refractivity contribution in [3.05, 3.63) is 23.8 Å². The Balaban J connectivity index is 1.58. The van der Waals surface area contributed by atoms with E-state index in [0.717, 1.165) is 63.8 Å². The Hall–Kier alpha value is -1.53. The van der Waals surface area contributed by atoms with Crippen molar-refractivity contribution in [3.63, 3.8) is 0 Å². The molecule has 0 N–H and O–H groups in total. The van der Waals surface area contributed by atoms with Gasteiger partial charge in [0.1, 0.15) is 5.82 Å². The van der Waals surface area contributed by atoms with E-state index in [1.54, 1.807) is 6.20 Å². The van der Waals surface area contributed by atoms with Gasteiger partial charge in [0, 0.05) is 38.8 Å². The highest BCUT2D eigenvalue weighted by Gasteiger charge is 2.30. The average Bonchev–Trinajstić information content (AvgIpc) is 3.03. The molecule has 6 nitrogen and oxygen atoms in total. The zero-order valence-electron chi connectivity index (χ0n) is 13.2. The minimum Gasteiger partial charge on any atom is -0.379 e. The Morgan fingerprint density at radius 1 is 1.36 bits per heavy atom. The number of morpholine rings is 1. The molecule has 0 aliphatic carbocycles. The van der Waals surface area contributed by atoms with Crippen LogP contribution in [0.4, 0.5) is 0 Å². The van der Waals surface area contributed by atoms with Crippen LogP contribution < -0.4 is 0 Å². The Morgan fingerprint density at radius 3 is 2.95 bits per heavy atom. The predicted molar refractivity (Wildman–Crippen MR) is 82.3 cm³/mol. The smallest absolute Gasteiger partial charge is 0.224 e. The van der Waals surface area contributed by atoms with Gasteiger partial charge in [-0.25, -0.2) is 9.97 Å². The Bertz CT molecular complexity index is 517. The van der Waals surface area contributed by atoms with Crippen LogP contribution in [0, 0.1) is 6.92 Å². The second-order valence-corrected chi connectivity index (χ2v) is 5.98. The number of amides is 1. The van der Waals surface area contributed by atoms with Gasteiger partial charge in [-0.05, 0) is 25.8 Å². The number of likely N-dealkylation sites (tertiary alicyclic amines) is 1. The third-order valence-corrected chi connectivity index (χ3v) is 4.46. The van der Waals surface area contributed by atoms with Crippen LogP contribution in [0.5, 0.6) is 0 Å². The second-order valence-electron chi connectivity index (χ2n) is 5.98. The van der Waals surface area contributed by atoms with E-state index >= 15 is 0 Å². The Labute approximate surface area is 131 Å². The molecule has 0 spiro atoms. The molecule has 1 aromatic rings. The standard InChI is InChI=1S/C16H24N4O2/c1-13-17-6-4-14(18-13)15-3-2-7-20(15)16(21)5-8-19-9-11-22-12-10-19/h4,6,15H,2-3,5,7-12H2,1H3. The maximum Gasteiger partial charge on any atom is 0.224 e. The summed E-state index contributed by atoms with van der Waals surface area (Å²) >= 11 is 0. The largest absolute Gasteiger partial charge is 0.379 e. The summed E-state index contributed by atoms with van der Waals surface area (Å²) in [5, 5.41) is 0. The first-order valence-corrected chi connectivity index (χ1v) is 8.13. The van der Waals surface area contributed by atoms with E-state index in [9.17, 15) is 4.79 Å². The van der Waals surface area contributed by atoms with E-state index in [1.165, 1.54) is 0 Å². The van der Waals surface area contributed by atoms with Crippen LogP contribution in [0.3, 0.4) is 0 Å². The molecule has 6 heteroatoms. The van der Waals surface area contributed by atoms with Gasteiger partial charge in [0.25, 0.3) is 0 Å². The molecule has 1 atom stereocenters. The van der Waals surface area contributed by atoms with Gasteiger partial charge in [-0.3, -0.25) is 9.69 Å². The van der Waals surface area contributed by atoms with Crippen LogP contribution >= 0.6 is 0 Å². The van der Waals surface area contributed by atoms with Crippen molar-refractivity contribution in [2.24, 2.45) is 0 Å². The number of carbonyl (C=O) groups excluding carboxylic acids is 1. The van der Waals surface area contributed by atoms with Crippen LogP contribution in [0.2, 0.25) is 0 Å². The van der Waals surface area contributed by atoms with Gasteiger partial charge in [-0.1, -0.05) is 0 Å². The molecule has 2 saturated heterocycles. The van der Waals surface area contributed by atoms with E-state index in [0.29, 0.717) is 6.42 Å². The zero-order valence-corrected chi connectivity index (χ0v) is 13.2. The lowest BCUT2D eigenvalue weighted by atomic mass is 10.1. The number of ether oxygens (including phenoxy) is 1. The molecule has 2 aliphatic rings. The van der Waals surface area contributed by atoms with Gasteiger partial charge in [-0.2, -0.15) is 0 Å². The average molecular weight is 304 g/mol. The molecule has 1 aromatic heterocycles. The van der Waals surface area contributed by atoms with E-state index < -0.39 is 0 Å². The number of rotatable bonds is 4. The molecule has 0 bridgehead atoms. The molecule has 0 saturated carbocycles. The van der Waals surface area contributed by atoms with Crippen LogP contribution in [0.15, 0.2) is 12.3 Å². The first kappa shape index (κ1) is 15.4. The molecule has 22 heavy (non-hydrogen) atoms. The summed E-state index contributed by atoms with van der Waals surface area (Å²) in [5.74, 6) is 1.01. The number of aryl methyl sites for hydroxylation is 1. The van der Waals surface area contributed by atoms with Crippen molar-refractivity contribution in [3.8, 4) is 0 Å². The summed E-state index contributed by atoms with van der Waals surface area (Å²) in [6.45, 7) is 6.98. The number of aromatic nitrogens is 2. The minimum absolute atomic E-state index is 0.124. The van der Waals surface area contributed by atoms with Crippen molar-refractivity contribution in [2.75, 3.05) is 39.4 Å². The van der Waals surface area contributed by atoms with Gasteiger partial charge in [0.2, 0.25) is 5.91 Å². The SMILES string of the molecule is Cc1nccc(C2CCCN2C(=O)CCN2CCOCC2)n1. The second kappa shape index (κ2) is 7.15. The maximum absolute atomic E-state index is 12.6. The van der Waals surface area contributed by atoms with Gasteiger partial charge in [0.05, 0.1) is 24.9 Å². The van der Waals surface area contributed by atoms with Crippen LogP contribution in [-0.4, -0.2) is 65.1 Å². The summed E-state index contributed by atoms with van der Waals surface area (Å²) in [7, 11) is 0. The maximum atomic E-state index is 12.6. The van der Waals surface area contributed by atoms with Crippen molar-refractivity contribution >= 4 is 5.91 Å². The first-order chi connectivity index (χ1) is 10.7. The third-order valence-electron chi connectivity index (χ3n) is 4.46. The highest BCUT2D eigenvalue weighted by molar-refractivity contribution is 5.77. The third kappa shape index (κ3) is 3.62. The topological polar surface area (TPSA) is 58.6 Å². The molecule has 3 rings (SSSR count). The quantitative estimate of drug-likeness (QED) is 0.836. The van der Waals surface area contributed by atoms with Gasteiger partial charge in [-0.15, -0.1) is 0 Å². The lowest BCUT2D eigenvalue weighted by Gasteiger charge is -2.28.